The maximum absolute atomic E-state index is 12.7. The van der Waals surface area contributed by atoms with E-state index >= 15 is 0 Å². The lowest BCUT2D eigenvalue weighted by Gasteiger charge is -2.36. The number of benzene rings is 2. The normalized spacial score (nSPS) is 16.6. The number of nitrogens with zero attached hydrogens (tertiary/aromatic N) is 1. The number of carbonyl (C=O) groups excluding carboxylic acids is 1. The summed E-state index contributed by atoms with van der Waals surface area (Å²) in [4.78, 5) is 25.0. The number of amides is 1. The minimum Gasteiger partial charge on any atom is -0.475 e. The van der Waals surface area contributed by atoms with Gasteiger partial charge in [-0.2, -0.15) is 13.2 Å². The fraction of sp³-hybridized carbons (Fsp3) is 0.360. The average Bonchev–Trinajstić information content (AvgIpc) is 3.09. The van der Waals surface area contributed by atoms with Crippen LogP contribution in [0.5, 0.6) is 0 Å². The second-order valence-corrected chi connectivity index (χ2v) is 9.59. The summed E-state index contributed by atoms with van der Waals surface area (Å²) < 4.78 is 32.9. The standard InChI is InChI=1S/C23H24N2OS.C2HF3O2/c26-23(22-15-18-4-1-2-7-21(18)27-22)24-19-9-8-16-10-12-25(20-5-3-6-20)13-11-17(16)14-19;3-2(4,5)1(6)7/h1-2,4,7-9,14-15,20H,3,5-6,10-13H2,(H,24,26);(H,6,7). The molecular weight excluding hydrogens is 465 g/mol. The van der Waals surface area contributed by atoms with Crippen LogP contribution < -0.4 is 5.32 Å². The van der Waals surface area contributed by atoms with Crippen molar-refractivity contribution < 1.29 is 27.9 Å². The Morgan fingerprint density at radius 1 is 1.00 bits per heavy atom. The number of fused-ring (bicyclic) bond motifs is 2. The molecular formula is C25H25F3N2O3S. The van der Waals surface area contributed by atoms with Crippen LogP contribution in [-0.4, -0.2) is 47.2 Å². The Labute approximate surface area is 199 Å². The van der Waals surface area contributed by atoms with E-state index in [1.807, 2.05) is 18.2 Å². The predicted octanol–water partition coefficient (Wildman–Crippen LogP) is 5.74. The van der Waals surface area contributed by atoms with Crippen molar-refractivity contribution in [1.82, 2.24) is 4.90 Å². The van der Waals surface area contributed by atoms with Crippen LogP contribution in [0.1, 0.15) is 40.1 Å². The molecule has 180 valence electrons. The quantitative estimate of drug-likeness (QED) is 0.491. The number of hydrogen-bond donors (Lipinski definition) is 2. The van der Waals surface area contributed by atoms with Crippen molar-refractivity contribution >= 4 is 39.0 Å². The minimum absolute atomic E-state index is 0.0131. The fourth-order valence-electron chi connectivity index (χ4n) is 4.22. The summed E-state index contributed by atoms with van der Waals surface area (Å²) in [5.41, 5.74) is 3.75. The third-order valence-corrected chi connectivity index (χ3v) is 7.40. The van der Waals surface area contributed by atoms with Crippen molar-refractivity contribution in [1.29, 1.82) is 0 Å². The van der Waals surface area contributed by atoms with Crippen molar-refractivity contribution in [3.63, 3.8) is 0 Å². The van der Waals surface area contributed by atoms with Crippen LogP contribution in [0.4, 0.5) is 18.9 Å². The fourth-order valence-corrected chi connectivity index (χ4v) is 5.18. The van der Waals surface area contributed by atoms with Crippen LogP contribution in [0.2, 0.25) is 0 Å². The molecule has 0 radical (unpaired) electrons. The first-order valence-electron chi connectivity index (χ1n) is 11.2. The zero-order chi connectivity index (χ0) is 24.3. The Bertz CT molecular complexity index is 1150. The molecule has 1 aliphatic carbocycles. The van der Waals surface area contributed by atoms with Crippen molar-refractivity contribution in [3.05, 3.63) is 64.5 Å². The van der Waals surface area contributed by atoms with E-state index in [-0.39, 0.29) is 5.91 Å². The maximum atomic E-state index is 12.7. The lowest BCUT2D eigenvalue weighted by atomic mass is 9.91. The molecule has 2 aromatic carbocycles. The third-order valence-electron chi connectivity index (χ3n) is 6.28. The Morgan fingerprint density at radius 2 is 1.68 bits per heavy atom. The van der Waals surface area contributed by atoms with Gasteiger partial charge in [-0.1, -0.05) is 30.7 Å². The van der Waals surface area contributed by atoms with Crippen LogP contribution >= 0.6 is 11.3 Å². The van der Waals surface area contributed by atoms with Crippen LogP contribution in [0.25, 0.3) is 10.1 Å². The van der Waals surface area contributed by atoms with E-state index in [1.54, 1.807) is 11.3 Å². The molecule has 9 heteroatoms. The first-order valence-corrected chi connectivity index (χ1v) is 12.0. The van der Waals surface area contributed by atoms with Crippen LogP contribution in [-0.2, 0) is 17.6 Å². The molecule has 1 aromatic heterocycles. The molecule has 2 heterocycles. The molecule has 0 bridgehead atoms. The van der Waals surface area contributed by atoms with E-state index < -0.39 is 12.1 Å². The molecule has 1 amide bonds. The highest BCUT2D eigenvalue weighted by Gasteiger charge is 2.38. The SMILES string of the molecule is O=C(Nc1ccc2c(c1)CCN(C1CCC1)CC2)c1cc2ccccc2s1.O=C(O)C(F)(F)F. The summed E-state index contributed by atoms with van der Waals surface area (Å²) in [6, 6.07) is 17.4. The summed E-state index contributed by atoms with van der Waals surface area (Å²) in [5, 5.41) is 11.4. The number of rotatable bonds is 3. The molecule has 1 fully saturated rings. The zero-order valence-electron chi connectivity index (χ0n) is 18.4. The van der Waals surface area contributed by atoms with Crippen molar-refractivity contribution in [3.8, 4) is 0 Å². The van der Waals surface area contributed by atoms with E-state index in [1.165, 1.54) is 36.9 Å². The number of carbonyl (C=O) groups is 2. The average molecular weight is 491 g/mol. The number of halogens is 3. The van der Waals surface area contributed by atoms with E-state index in [0.29, 0.717) is 0 Å². The number of carboxylic acid groups (broad SMARTS) is 1. The number of thiophene rings is 1. The largest absolute Gasteiger partial charge is 0.490 e. The first kappa shape index (κ1) is 24.2. The van der Waals surface area contributed by atoms with Gasteiger partial charge in [0.1, 0.15) is 0 Å². The number of aliphatic carboxylic acids is 1. The molecule has 5 rings (SSSR count). The van der Waals surface area contributed by atoms with Crippen LogP contribution in [0, 0.1) is 0 Å². The van der Waals surface area contributed by atoms with Gasteiger partial charge in [0.15, 0.2) is 0 Å². The molecule has 3 aromatic rings. The third kappa shape index (κ3) is 5.77. The zero-order valence-corrected chi connectivity index (χ0v) is 19.2. The Balaban J connectivity index is 0.000000344. The smallest absolute Gasteiger partial charge is 0.475 e. The van der Waals surface area contributed by atoms with Crippen LogP contribution in [0.3, 0.4) is 0 Å². The molecule has 5 nitrogen and oxygen atoms in total. The number of alkyl halides is 3. The maximum Gasteiger partial charge on any atom is 0.490 e. The van der Waals surface area contributed by atoms with Gasteiger partial charge < -0.3 is 10.4 Å². The second kappa shape index (κ2) is 10.1. The van der Waals surface area contributed by atoms with Gasteiger partial charge in [0.2, 0.25) is 0 Å². The molecule has 0 saturated heterocycles. The van der Waals surface area contributed by atoms with Crippen LogP contribution in [0.15, 0.2) is 48.5 Å². The molecule has 0 unspecified atom stereocenters. The molecule has 2 N–H and O–H groups in total. The Morgan fingerprint density at radius 3 is 2.29 bits per heavy atom. The summed E-state index contributed by atoms with van der Waals surface area (Å²) in [7, 11) is 0. The lowest BCUT2D eigenvalue weighted by Crippen LogP contribution is -2.41. The first-order chi connectivity index (χ1) is 16.2. The molecule has 34 heavy (non-hydrogen) atoms. The molecule has 2 aliphatic rings. The summed E-state index contributed by atoms with van der Waals surface area (Å²) in [6.45, 7) is 2.32. The Kier molecular flexibility index (Phi) is 7.23. The van der Waals surface area contributed by atoms with Crippen molar-refractivity contribution in [2.24, 2.45) is 0 Å². The van der Waals surface area contributed by atoms with Gasteiger partial charge in [0.25, 0.3) is 5.91 Å². The highest BCUT2D eigenvalue weighted by Crippen LogP contribution is 2.29. The Hall–Kier alpha value is -2.91. The van der Waals surface area contributed by atoms with E-state index in [4.69, 9.17) is 9.90 Å². The second-order valence-electron chi connectivity index (χ2n) is 8.51. The molecule has 0 spiro atoms. The summed E-state index contributed by atoms with van der Waals surface area (Å²) in [5.74, 6) is -2.77. The van der Waals surface area contributed by atoms with Gasteiger partial charge in [0, 0.05) is 29.5 Å². The lowest BCUT2D eigenvalue weighted by molar-refractivity contribution is -0.192. The summed E-state index contributed by atoms with van der Waals surface area (Å²) >= 11 is 1.55. The number of anilines is 1. The highest BCUT2D eigenvalue weighted by molar-refractivity contribution is 7.20. The minimum atomic E-state index is -5.08. The number of hydrogen-bond acceptors (Lipinski definition) is 4. The molecule has 1 saturated carbocycles. The van der Waals surface area contributed by atoms with Gasteiger partial charge in [-0.05, 0) is 66.5 Å². The summed E-state index contributed by atoms with van der Waals surface area (Å²) in [6.07, 6.45) is 1.25. The van der Waals surface area contributed by atoms with Gasteiger partial charge in [0.05, 0.1) is 4.88 Å². The molecule has 0 atom stereocenters. The van der Waals surface area contributed by atoms with Gasteiger partial charge in [-0.3, -0.25) is 9.69 Å². The van der Waals surface area contributed by atoms with Gasteiger partial charge >= 0.3 is 12.1 Å². The van der Waals surface area contributed by atoms with Gasteiger partial charge in [-0.25, -0.2) is 4.79 Å². The van der Waals surface area contributed by atoms with E-state index in [0.717, 1.165) is 46.1 Å². The predicted molar refractivity (Wildman–Crippen MR) is 127 cm³/mol. The molecule has 1 aliphatic heterocycles. The number of nitrogens with one attached hydrogen (secondary N) is 1. The highest BCUT2D eigenvalue weighted by atomic mass is 32.1. The van der Waals surface area contributed by atoms with Crippen molar-refractivity contribution in [2.45, 2.75) is 44.3 Å². The van der Waals surface area contributed by atoms with Gasteiger partial charge in [-0.15, -0.1) is 11.3 Å². The van der Waals surface area contributed by atoms with E-state index in [2.05, 4.69) is 40.5 Å². The number of carboxylic acids is 1. The topological polar surface area (TPSA) is 69.6 Å². The monoisotopic (exact) mass is 490 g/mol. The van der Waals surface area contributed by atoms with Crippen molar-refractivity contribution in [2.75, 3.05) is 18.4 Å². The van der Waals surface area contributed by atoms with E-state index in [9.17, 15) is 18.0 Å².